The Morgan fingerprint density at radius 1 is 1.27 bits per heavy atom. The maximum Gasteiger partial charge on any atom is 0.264 e. The lowest BCUT2D eigenvalue weighted by Crippen LogP contribution is -2.22. The van der Waals surface area contributed by atoms with Crippen molar-refractivity contribution in [1.29, 1.82) is 0 Å². The lowest BCUT2D eigenvalue weighted by molar-refractivity contribution is 0.487. The van der Waals surface area contributed by atoms with Gasteiger partial charge in [0.1, 0.15) is 10.6 Å². The number of rotatable bonds is 3. The molecule has 110 valence electrons. The summed E-state index contributed by atoms with van der Waals surface area (Å²) in [6.45, 7) is 0.330. The van der Waals surface area contributed by atoms with E-state index in [1.807, 2.05) is 29.0 Å². The number of hydrogen-bond acceptors (Lipinski definition) is 5. The number of aromatic amines is 1. The van der Waals surface area contributed by atoms with E-state index in [4.69, 9.17) is 16.6 Å². The zero-order valence-electron chi connectivity index (χ0n) is 11.2. The predicted octanol–water partition coefficient (Wildman–Crippen LogP) is 4.49. The van der Waals surface area contributed by atoms with Crippen LogP contribution in [0.4, 0.5) is 0 Å². The molecule has 4 heterocycles. The van der Waals surface area contributed by atoms with E-state index in [9.17, 15) is 4.79 Å². The molecule has 22 heavy (non-hydrogen) atoms. The molecule has 1 N–H and O–H groups in total. The molecule has 0 spiro atoms. The molecule has 0 unspecified atom stereocenters. The molecule has 0 amide bonds. The Bertz CT molecular complexity index is 1040. The molecule has 0 aliphatic heterocycles. The lowest BCUT2D eigenvalue weighted by Gasteiger charge is -2.05. The third kappa shape index (κ3) is 2.18. The van der Waals surface area contributed by atoms with E-state index in [0.717, 1.165) is 15.3 Å². The van der Waals surface area contributed by atoms with E-state index in [1.54, 1.807) is 28.2 Å². The molecule has 7 heteroatoms. The Kier molecular flexibility index (Phi) is 3.33. The third-order valence-electron chi connectivity index (χ3n) is 3.40. The molecule has 4 nitrogen and oxygen atoms in total. The molecule has 4 aromatic rings. The van der Waals surface area contributed by atoms with E-state index in [2.05, 4.69) is 4.98 Å². The molecule has 0 radical (unpaired) electrons. The van der Waals surface area contributed by atoms with Crippen LogP contribution in [0, 0.1) is 4.77 Å². The van der Waals surface area contributed by atoms with E-state index in [0.29, 0.717) is 22.5 Å². The minimum Gasteiger partial charge on any atom is -0.467 e. The summed E-state index contributed by atoms with van der Waals surface area (Å²) in [7, 11) is 0. The first-order chi connectivity index (χ1) is 10.7. The van der Waals surface area contributed by atoms with Crippen molar-refractivity contribution in [1.82, 2.24) is 9.55 Å². The maximum atomic E-state index is 12.9. The van der Waals surface area contributed by atoms with Gasteiger partial charge >= 0.3 is 0 Å². The summed E-state index contributed by atoms with van der Waals surface area (Å²) in [5.74, 6) is 0.703. The molecule has 0 aliphatic carbocycles. The Hall–Kier alpha value is -1.96. The first-order valence-electron chi connectivity index (χ1n) is 6.54. The van der Waals surface area contributed by atoms with Gasteiger partial charge in [0.05, 0.1) is 18.2 Å². The van der Waals surface area contributed by atoms with Crippen molar-refractivity contribution in [2.24, 2.45) is 0 Å². The number of nitrogens with zero attached hydrogens (tertiary/aromatic N) is 1. The zero-order chi connectivity index (χ0) is 15.1. The van der Waals surface area contributed by atoms with Gasteiger partial charge in [0, 0.05) is 15.8 Å². The Morgan fingerprint density at radius 2 is 2.18 bits per heavy atom. The SMILES string of the molecule is O=c1c2c(-c3cccs3)csc2[nH]c(=S)n1Cc1ccco1. The number of aromatic nitrogens is 2. The fourth-order valence-corrected chi connectivity index (χ4v) is 4.46. The normalized spacial score (nSPS) is 11.3. The summed E-state index contributed by atoms with van der Waals surface area (Å²) < 4.78 is 7.28. The second-order valence-electron chi connectivity index (χ2n) is 4.73. The Balaban J connectivity index is 1.97. The van der Waals surface area contributed by atoms with Gasteiger partial charge in [0.25, 0.3) is 5.56 Å². The van der Waals surface area contributed by atoms with Crippen molar-refractivity contribution in [3.05, 3.63) is 62.2 Å². The predicted molar refractivity (Wildman–Crippen MR) is 92.4 cm³/mol. The van der Waals surface area contributed by atoms with Crippen molar-refractivity contribution in [2.45, 2.75) is 6.54 Å². The monoisotopic (exact) mass is 346 g/mol. The fraction of sp³-hybridized carbons (Fsp3) is 0.0667. The van der Waals surface area contributed by atoms with Gasteiger partial charge in [-0.25, -0.2) is 0 Å². The number of hydrogen-bond donors (Lipinski definition) is 1. The quantitative estimate of drug-likeness (QED) is 0.556. The lowest BCUT2D eigenvalue weighted by atomic mass is 10.2. The topological polar surface area (TPSA) is 50.9 Å². The highest BCUT2D eigenvalue weighted by molar-refractivity contribution is 7.71. The van der Waals surface area contributed by atoms with Crippen molar-refractivity contribution in [2.75, 3.05) is 0 Å². The van der Waals surface area contributed by atoms with Crippen LogP contribution < -0.4 is 5.56 Å². The first kappa shape index (κ1) is 13.7. The van der Waals surface area contributed by atoms with Gasteiger partial charge < -0.3 is 9.40 Å². The average molecular weight is 346 g/mol. The van der Waals surface area contributed by atoms with Gasteiger partial charge in [-0.3, -0.25) is 9.36 Å². The molecule has 0 saturated carbocycles. The van der Waals surface area contributed by atoms with Crippen molar-refractivity contribution >= 4 is 45.1 Å². The molecule has 4 aromatic heterocycles. The van der Waals surface area contributed by atoms with Gasteiger partial charge in [-0.2, -0.15) is 0 Å². The molecule has 4 rings (SSSR count). The summed E-state index contributed by atoms with van der Waals surface area (Å²) in [5, 5.41) is 4.69. The van der Waals surface area contributed by atoms with Crippen LogP contribution in [-0.2, 0) is 6.54 Å². The van der Waals surface area contributed by atoms with Crippen molar-refractivity contribution in [3.8, 4) is 10.4 Å². The summed E-state index contributed by atoms with van der Waals surface area (Å²) in [4.78, 5) is 17.9. The van der Waals surface area contributed by atoms with Gasteiger partial charge in [-0.1, -0.05) is 6.07 Å². The van der Waals surface area contributed by atoms with Crippen LogP contribution >= 0.6 is 34.9 Å². The summed E-state index contributed by atoms with van der Waals surface area (Å²) in [5.41, 5.74) is 0.874. The summed E-state index contributed by atoms with van der Waals surface area (Å²) in [6, 6.07) is 7.63. The molecular weight excluding hydrogens is 336 g/mol. The van der Waals surface area contributed by atoms with Crippen LogP contribution in [0.25, 0.3) is 20.7 Å². The molecule has 0 saturated heterocycles. The minimum absolute atomic E-state index is 0.0835. The van der Waals surface area contributed by atoms with Gasteiger partial charge in [0.2, 0.25) is 0 Å². The number of fused-ring (bicyclic) bond motifs is 1. The van der Waals surface area contributed by atoms with Crippen molar-refractivity contribution < 1.29 is 4.42 Å². The van der Waals surface area contributed by atoms with Crippen LogP contribution in [0.3, 0.4) is 0 Å². The second kappa shape index (κ2) is 5.35. The zero-order valence-corrected chi connectivity index (χ0v) is 13.7. The van der Waals surface area contributed by atoms with Crippen molar-refractivity contribution in [3.63, 3.8) is 0 Å². The minimum atomic E-state index is -0.0835. The molecular formula is C15H10N2O2S3. The summed E-state index contributed by atoms with van der Waals surface area (Å²) in [6.07, 6.45) is 1.59. The molecule has 0 bridgehead atoms. The van der Waals surface area contributed by atoms with Crippen LogP contribution in [0.1, 0.15) is 5.76 Å². The smallest absolute Gasteiger partial charge is 0.264 e. The van der Waals surface area contributed by atoms with Crippen LogP contribution in [0.5, 0.6) is 0 Å². The van der Waals surface area contributed by atoms with Crippen LogP contribution in [-0.4, -0.2) is 9.55 Å². The standard InChI is InChI=1S/C15H10N2O2S3/c18-14-12-10(11-4-2-6-21-11)8-22-13(12)16-15(20)17(14)7-9-3-1-5-19-9/h1-6,8H,7H2,(H,16,20). The molecule has 0 fully saturated rings. The highest BCUT2D eigenvalue weighted by Crippen LogP contribution is 2.33. The second-order valence-corrected chi connectivity index (χ2v) is 6.95. The summed E-state index contributed by atoms with van der Waals surface area (Å²) >= 11 is 8.45. The number of H-pyrrole nitrogens is 1. The number of thiophene rings is 2. The van der Waals surface area contributed by atoms with Crippen LogP contribution in [0.15, 0.2) is 50.5 Å². The molecule has 0 aromatic carbocycles. The highest BCUT2D eigenvalue weighted by Gasteiger charge is 2.15. The third-order valence-corrected chi connectivity index (χ3v) is 5.52. The average Bonchev–Trinajstić information content (AvgIpc) is 3.23. The van der Waals surface area contributed by atoms with Gasteiger partial charge in [0.15, 0.2) is 4.77 Å². The van der Waals surface area contributed by atoms with Crippen LogP contribution in [0.2, 0.25) is 0 Å². The van der Waals surface area contributed by atoms with E-state index >= 15 is 0 Å². The van der Waals surface area contributed by atoms with E-state index < -0.39 is 0 Å². The Morgan fingerprint density at radius 3 is 2.91 bits per heavy atom. The largest absolute Gasteiger partial charge is 0.467 e. The molecule has 0 aliphatic rings. The number of nitrogens with one attached hydrogen (secondary N) is 1. The van der Waals surface area contributed by atoms with Gasteiger partial charge in [-0.05, 0) is 35.8 Å². The Labute approximate surface area is 138 Å². The molecule has 0 atom stereocenters. The first-order valence-corrected chi connectivity index (χ1v) is 8.71. The highest BCUT2D eigenvalue weighted by atomic mass is 32.1. The maximum absolute atomic E-state index is 12.9. The fourth-order valence-electron chi connectivity index (χ4n) is 2.37. The van der Waals surface area contributed by atoms with E-state index in [1.165, 1.54) is 11.3 Å². The van der Waals surface area contributed by atoms with E-state index in [-0.39, 0.29) is 5.56 Å². The van der Waals surface area contributed by atoms with Gasteiger partial charge in [-0.15, -0.1) is 22.7 Å². The number of furan rings is 1.